The molecule has 1 atom stereocenters. The number of fused-ring (bicyclic) bond motifs is 2. The minimum absolute atomic E-state index is 0.0985. The summed E-state index contributed by atoms with van der Waals surface area (Å²) in [5, 5.41) is 10.7. The zero-order chi connectivity index (χ0) is 27.2. The van der Waals surface area contributed by atoms with Crippen molar-refractivity contribution < 1.29 is 27.4 Å². The molecule has 0 amide bonds. The standard InChI is InChI=1S/C25H20Cl2FN3O5S2/c1-14(22-17(26)3-2-4-18(22)28)11-15-5-7-20-19(12-15)31(13-16(36-20)6-8-21(32)33)38(34,35)24-23(27)29-25-30(24)9-10-37-25/h2-5,7,9-12,16H,6,8,13H2,1H3,(H,32,33)/b14-11+/t16-/m0/s1. The van der Waals surface area contributed by atoms with Crippen LogP contribution in [0.2, 0.25) is 10.2 Å². The van der Waals surface area contributed by atoms with Crippen molar-refractivity contribution >= 4 is 72.8 Å². The van der Waals surface area contributed by atoms with Gasteiger partial charge < -0.3 is 9.84 Å². The highest BCUT2D eigenvalue weighted by atomic mass is 35.5. The number of sulfonamides is 1. The molecule has 0 fully saturated rings. The topological polar surface area (TPSA) is 101 Å². The van der Waals surface area contributed by atoms with Gasteiger partial charge in [-0.05, 0) is 48.7 Å². The molecule has 1 aliphatic rings. The van der Waals surface area contributed by atoms with Crippen molar-refractivity contribution in [3.05, 3.63) is 75.1 Å². The molecule has 2 aromatic carbocycles. The predicted molar refractivity (Wildman–Crippen MR) is 145 cm³/mol. The average molecular weight is 596 g/mol. The van der Waals surface area contributed by atoms with Crippen molar-refractivity contribution in [1.29, 1.82) is 0 Å². The van der Waals surface area contributed by atoms with Gasteiger partial charge in [0.2, 0.25) is 0 Å². The van der Waals surface area contributed by atoms with E-state index in [0.29, 0.717) is 16.1 Å². The number of hydrogen-bond donors (Lipinski definition) is 1. The molecule has 0 aliphatic carbocycles. The molecule has 3 heterocycles. The molecule has 0 spiro atoms. The van der Waals surface area contributed by atoms with Crippen molar-refractivity contribution in [2.75, 3.05) is 10.8 Å². The summed E-state index contributed by atoms with van der Waals surface area (Å²) in [6.45, 7) is 1.57. The first-order chi connectivity index (χ1) is 18.1. The second-order valence-corrected chi connectivity index (χ2v) is 12.0. The van der Waals surface area contributed by atoms with Gasteiger partial charge in [-0.15, -0.1) is 11.3 Å². The number of imidazole rings is 1. The molecule has 1 N–H and O–H groups in total. The van der Waals surface area contributed by atoms with Gasteiger partial charge in [0.25, 0.3) is 10.0 Å². The molecule has 8 nitrogen and oxygen atoms in total. The van der Waals surface area contributed by atoms with Crippen LogP contribution in [0, 0.1) is 5.82 Å². The maximum Gasteiger partial charge on any atom is 0.303 e. The van der Waals surface area contributed by atoms with Gasteiger partial charge in [0, 0.05) is 23.6 Å². The molecular weight excluding hydrogens is 576 g/mol. The van der Waals surface area contributed by atoms with E-state index in [4.69, 9.17) is 33.0 Å². The summed E-state index contributed by atoms with van der Waals surface area (Å²) >= 11 is 13.7. The quantitative estimate of drug-likeness (QED) is 0.254. The minimum atomic E-state index is -4.26. The summed E-state index contributed by atoms with van der Waals surface area (Å²) in [5.41, 5.74) is 1.59. The number of aromatic nitrogens is 2. The number of halogens is 3. The van der Waals surface area contributed by atoms with Gasteiger partial charge in [0.15, 0.2) is 15.1 Å². The molecule has 13 heteroatoms. The third kappa shape index (κ3) is 4.86. The van der Waals surface area contributed by atoms with E-state index in [9.17, 15) is 17.6 Å². The van der Waals surface area contributed by atoms with Crippen LogP contribution < -0.4 is 9.04 Å². The first-order valence-electron chi connectivity index (χ1n) is 11.3. The maximum absolute atomic E-state index is 14.5. The van der Waals surface area contributed by atoms with Crippen molar-refractivity contribution in [3.8, 4) is 5.75 Å². The second-order valence-electron chi connectivity index (χ2n) is 8.62. The van der Waals surface area contributed by atoms with Crippen LogP contribution >= 0.6 is 34.5 Å². The first-order valence-corrected chi connectivity index (χ1v) is 14.4. The van der Waals surface area contributed by atoms with E-state index in [1.54, 1.807) is 48.8 Å². The van der Waals surface area contributed by atoms with Crippen LogP contribution in [0.15, 0.2) is 53.0 Å². The van der Waals surface area contributed by atoms with E-state index >= 15 is 0 Å². The minimum Gasteiger partial charge on any atom is -0.486 e. The molecule has 38 heavy (non-hydrogen) atoms. The van der Waals surface area contributed by atoms with Crippen LogP contribution in [0.4, 0.5) is 10.1 Å². The van der Waals surface area contributed by atoms with Gasteiger partial charge in [-0.1, -0.05) is 41.4 Å². The summed E-state index contributed by atoms with van der Waals surface area (Å²) in [6.07, 6.45) is 2.45. The Morgan fingerprint density at radius 2 is 2.11 bits per heavy atom. The van der Waals surface area contributed by atoms with Crippen LogP contribution in [-0.4, -0.2) is 41.5 Å². The largest absolute Gasteiger partial charge is 0.486 e. The highest BCUT2D eigenvalue weighted by Gasteiger charge is 2.38. The monoisotopic (exact) mass is 595 g/mol. The van der Waals surface area contributed by atoms with Crippen LogP contribution in [0.25, 0.3) is 16.6 Å². The lowest BCUT2D eigenvalue weighted by molar-refractivity contribution is -0.137. The number of ether oxygens (including phenoxy) is 1. The Hall–Kier alpha value is -3.12. The number of anilines is 1. The molecular formula is C25H20Cl2FN3O5S2. The van der Waals surface area contributed by atoms with Crippen LogP contribution in [0.5, 0.6) is 5.75 Å². The average Bonchev–Trinajstić information content (AvgIpc) is 3.42. The SMILES string of the molecule is C/C(=C\c1ccc2c(c1)N(S(=O)(=O)c1c(Cl)nc3sccn13)C[C@H](CCC(=O)O)O2)c1c(F)cccc1Cl. The highest BCUT2D eigenvalue weighted by Crippen LogP contribution is 2.41. The Labute approximate surface area is 231 Å². The highest BCUT2D eigenvalue weighted by molar-refractivity contribution is 7.92. The molecule has 5 rings (SSSR count). The number of rotatable bonds is 7. The number of carboxylic acid groups (broad SMARTS) is 1. The summed E-state index contributed by atoms with van der Waals surface area (Å²) in [6, 6.07) is 9.32. The van der Waals surface area contributed by atoms with E-state index in [1.165, 1.54) is 27.9 Å². The van der Waals surface area contributed by atoms with Crippen molar-refractivity contribution in [2.45, 2.75) is 30.9 Å². The number of aliphatic carboxylic acids is 1. The number of thiazole rings is 1. The van der Waals surface area contributed by atoms with E-state index < -0.39 is 27.9 Å². The fourth-order valence-electron chi connectivity index (χ4n) is 4.35. The van der Waals surface area contributed by atoms with E-state index in [-0.39, 0.29) is 51.6 Å². The Bertz CT molecular complexity index is 1680. The summed E-state index contributed by atoms with van der Waals surface area (Å²) < 4.78 is 51.0. The molecule has 0 saturated heterocycles. The maximum atomic E-state index is 14.5. The predicted octanol–water partition coefficient (Wildman–Crippen LogP) is 6.22. The molecule has 198 valence electrons. The third-order valence-corrected chi connectivity index (χ3v) is 9.30. The Morgan fingerprint density at radius 3 is 2.84 bits per heavy atom. The van der Waals surface area contributed by atoms with Gasteiger partial charge in [-0.2, -0.15) is 8.42 Å². The molecule has 4 aromatic rings. The Morgan fingerprint density at radius 1 is 1.32 bits per heavy atom. The van der Waals surface area contributed by atoms with Gasteiger partial charge in [-0.25, -0.2) is 9.37 Å². The van der Waals surface area contributed by atoms with Crippen LogP contribution in [0.1, 0.15) is 30.9 Å². The number of hydrogen-bond acceptors (Lipinski definition) is 6. The molecule has 0 saturated carbocycles. The number of carbonyl (C=O) groups is 1. The van der Waals surface area contributed by atoms with Gasteiger partial charge >= 0.3 is 5.97 Å². The smallest absolute Gasteiger partial charge is 0.303 e. The van der Waals surface area contributed by atoms with E-state index in [2.05, 4.69) is 4.98 Å². The Balaban J connectivity index is 1.61. The lowest BCUT2D eigenvalue weighted by atomic mass is 10.0. The van der Waals surface area contributed by atoms with Crippen LogP contribution in [0.3, 0.4) is 0 Å². The fraction of sp³-hybridized carbons (Fsp3) is 0.200. The van der Waals surface area contributed by atoms with Gasteiger partial charge in [0.1, 0.15) is 17.7 Å². The molecule has 0 radical (unpaired) electrons. The lowest BCUT2D eigenvalue weighted by Crippen LogP contribution is -2.44. The summed E-state index contributed by atoms with van der Waals surface area (Å²) in [4.78, 5) is 15.7. The zero-order valence-electron chi connectivity index (χ0n) is 19.8. The summed E-state index contributed by atoms with van der Waals surface area (Å²) in [5.74, 6) is -1.24. The Kier molecular flexibility index (Phi) is 7.12. The fourth-order valence-corrected chi connectivity index (χ4v) is 7.58. The summed E-state index contributed by atoms with van der Waals surface area (Å²) in [7, 11) is -4.26. The van der Waals surface area contributed by atoms with Crippen LogP contribution in [-0.2, 0) is 14.8 Å². The molecule has 1 aliphatic heterocycles. The van der Waals surface area contributed by atoms with Gasteiger partial charge in [0.05, 0.1) is 17.3 Å². The van der Waals surface area contributed by atoms with E-state index in [0.717, 1.165) is 4.31 Å². The zero-order valence-corrected chi connectivity index (χ0v) is 22.9. The number of nitrogens with zero attached hydrogens (tertiary/aromatic N) is 3. The van der Waals surface area contributed by atoms with Crippen molar-refractivity contribution in [1.82, 2.24) is 9.38 Å². The molecule has 0 bridgehead atoms. The van der Waals surface area contributed by atoms with Gasteiger partial charge in [-0.3, -0.25) is 13.5 Å². The number of allylic oxidation sites excluding steroid dienone is 1. The lowest BCUT2D eigenvalue weighted by Gasteiger charge is -2.35. The first kappa shape index (κ1) is 26.5. The molecule has 0 unspecified atom stereocenters. The third-order valence-electron chi connectivity index (χ3n) is 6.05. The molecule has 2 aromatic heterocycles. The van der Waals surface area contributed by atoms with Crippen molar-refractivity contribution in [2.24, 2.45) is 0 Å². The number of carboxylic acids is 1. The van der Waals surface area contributed by atoms with Crippen molar-refractivity contribution in [3.63, 3.8) is 0 Å². The number of benzene rings is 2. The van der Waals surface area contributed by atoms with E-state index in [1.807, 2.05) is 0 Å². The second kappa shape index (κ2) is 10.2. The normalized spacial score (nSPS) is 15.9.